The van der Waals surface area contributed by atoms with Crippen LogP contribution in [0.2, 0.25) is 0 Å². The van der Waals surface area contributed by atoms with E-state index in [9.17, 15) is 4.79 Å². The Morgan fingerprint density at radius 2 is 2.33 bits per heavy atom. The second kappa shape index (κ2) is 6.00. The highest BCUT2D eigenvalue weighted by Crippen LogP contribution is 2.10. The maximum absolute atomic E-state index is 11.8. The topological polar surface area (TPSA) is 46.3 Å². The van der Waals surface area contributed by atoms with E-state index in [0.717, 1.165) is 11.4 Å². The molecule has 0 aliphatic heterocycles. The fourth-order valence-electron chi connectivity index (χ4n) is 1.39. The predicted molar refractivity (Wildman–Crippen MR) is 64.4 cm³/mol. The molecule has 0 atom stereocenters. The van der Waals surface area contributed by atoms with Crippen LogP contribution in [0.5, 0.6) is 0 Å². The Morgan fingerprint density at radius 1 is 1.60 bits per heavy atom. The van der Waals surface area contributed by atoms with E-state index in [1.54, 1.807) is 0 Å². The summed E-state index contributed by atoms with van der Waals surface area (Å²) in [4.78, 5) is 14.8. The van der Waals surface area contributed by atoms with Crippen LogP contribution in [-0.2, 0) is 0 Å². The molecular formula is C11H18N2OS. The molecule has 0 spiro atoms. The molecule has 1 aromatic heterocycles. The molecule has 4 heteroatoms. The van der Waals surface area contributed by atoms with Gasteiger partial charge in [0.2, 0.25) is 0 Å². The summed E-state index contributed by atoms with van der Waals surface area (Å²) in [5, 5.41) is 1.93. The summed E-state index contributed by atoms with van der Waals surface area (Å²) in [5.74, 6) is 0.187. The molecule has 0 bridgehead atoms. The zero-order chi connectivity index (χ0) is 11.3. The lowest BCUT2D eigenvalue weighted by Crippen LogP contribution is -2.39. The number of hydrogen-bond acceptors (Lipinski definition) is 4. The first-order valence-electron chi connectivity index (χ1n) is 5.16. The number of rotatable bonds is 6. The molecule has 2 N–H and O–H groups in total. The Hall–Kier alpha value is -0.710. The van der Waals surface area contributed by atoms with E-state index in [-0.39, 0.29) is 5.78 Å². The first kappa shape index (κ1) is 12.4. The lowest BCUT2D eigenvalue weighted by atomic mass is 10.2. The number of hydrogen-bond donors (Lipinski definition) is 1. The van der Waals surface area contributed by atoms with E-state index < -0.39 is 0 Å². The molecule has 0 aromatic carbocycles. The molecule has 0 fully saturated rings. The molecule has 0 radical (unpaired) electrons. The van der Waals surface area contributed by atoms with Gasteiger partial charge in [0, 0.05) is 19.1 Å². The molecule has 1 rings (SSSR count). The first-order valence-corrected chi connectivity index (χ1v) is 6.04. The summed E-state index contributed by atoms with van der Waals surface area (Å²) in [6.45, 7) is 5.99. The summed E-state index contributed by atoms with van der Waals surface area (Å²) < 4.78 is 0. The van der Waals surface area contributed by atoms with Gasteiger partial charge in [0.25, 0.3) is 0 Å². The fraction of sp³-hybridized carbons (Fsp3) is 0.545. The van der Waals surface area contributed by atoms with Crippen LogP contribution in [0.15, 0.2) is 17.5 Å². The van der Waals surface area contributed by atoms with Crippen molar-refractivity contribution in [2.45, 2.75) is 19.9 Å². The Labute approximate surface area is 94.9 Å². The van der Waals surface area contributed by atoms with Crippen LogP contribution in [0.4, 0.5) is 0 Å². The van der Waals surface area contributed by atoms with Crippen LogP contribution in [0.3, 0.4) is 0 Å². The number of nitrogens with two attached hydrogens (primary N) is 1. The Balaban J connectivity index is 2.55. The molecule has 0 amide bonds. The van der Waals surface area contributed by atoms with Crippen LogP contribution in [-0.4, -0.2) is 36.4 Å². The third-order valence-electron chi connectivity index (χ3n) is 2.29. The summed E-state index contributed by atoms with van der Waals surface area (Å²) in [5.41, 5.74) is 5.51. The van der Waals surface area contributed by atoms with Gasteiger partial charge in [-0.1, -0.05) is 6.07 Å². The molecular weight excluding hydrogens is 208 g/mol. The fourth-order valence-corrected chi connectivity index (χ4v) is 2.04. The van der Waals surface area contributed by atoms with Crippen LogP contribution in [0.25, 0.3) is 0 Å². The lowest BCUT2D eigenvalue weighted by molar-refractivity contribution is 0.0913. The zero-order valence-corrected chi connectivity index (χ0v) is 10.1. The molecule has 15 heavy (non-hydrogen) atoms. The standard InChI is InChI=1S/C11H18N2OS/c1-9(2)13(6-5-12)8-10(14)11-4-3-7-15-11/h3-4,7,9H,5-6,8,12H2,1-2H3. The number of Topliss-reactive ketones (excluding diaryl/α,β-unsaturated/α-hetero) is 1. The van der Waals surface area contributed by atoms with Gasteiger partial charge < -0.3 is 5.73 Å². The molecule has 0 aliphatic rings. The highest BCUT2D eigenvalue weighted by Gasteiger charge is 2.14. The van der Waals surface area contributed by atoms with Gasteiger partial charge in [-0.05, 0) is 25.3 Å². The Kier molecular flexibility index (Phi) is 4.94. The van der Waals surface area contributed by atoms with Crippen molar-refractivity contribution in [1.29, 1.82) is 0 Å². The van der Waals surface area contributed by atoms with Gasteiger partial charge >= 0.3 is 0 Å². The van der Waals surface area contributed by atoms with Crippen molar-refractivity contribution in [3.63, 3.8) is 0 Å². The van der Waals surface area contributed by atoms with Crippen LogP contribution in [0, 0.1) is 0 Å². The maximum Gasteiger partial charge on any atom is 0.186 e. The van der Waals surface area contributed by atoms with E-state index >= 15 is 0 Å². The van der Waals surface area contributed by atoms with Crippen molar-refractivity contribution < 1.29 is 4.79 Å². The number of thiophene rings is 1. The zero-order valence-electron chi connectivity index (χ0n) is 9.27. The normalized spacial score (nSPS) is 11.3. The van der Waals surface area contributed by atoms with E-state index in [2.05, 4.69) is 18.7 Å². The van der Waals surface area contributed by atoms with Crippen molar-refractivity contribution >= 4 is 17.1 Å². The average molecular weight is 226 g/mol. The predicted octanol–water partition coefficient (Wildman–Crippen LogP) is 1.60. The third-order valence-corrected chi connectivity index (χ3v) is 3.20. The number of ketones is 1. The first-order chi connectivity index (χ1) is 7.15. The van der Waals surface area contributed by atoms with Gasteiger partial charge in [-0.2, -0.15) is 0 Å². The Bertz CT molecular complexity index is 296. The lowest BCUT2D eigenvalue weighted by Gasteiger charge is -2.24. The minimum atomic E-state index is 0.187. The van der Waals surface area contributed by atoms with Crippen molar-refractivity contribution in [1.82, 2.24) is 4.90 Å². The second-order valence-electron chi connectivity index (χ2n) is 3.75. The smallest absolute Gasteiger partial charge is 0.186 e. The van der Waals surface area contributed by atoms with Crippen molar-refractivity contribution in [3.8, 4) is 0 Å². The minimum Gasteiger partial charge on any atom is -0.329 e. The molecule has 1 heterocycles. The highest BCUT2D eigenvalue weighted by atomic mass is 32.1. The van der Waals surface area contributed by atoms with Crippen molar-refractivity contribution in [2.24, 2.45) is 5.73 Å². The highest BCUT2D eigenvalue weighted by molar-refractivity contribution is 7.12. The third kappa shape index (κ3) is 3.74. The molecule has 0 aliphatic carbocycles. The van der Waals surface area contributed by atoms with E-state index in [1.165, 1.54) is 11.3 Å². The van der Waals surface area contributed by atoms with Gasteiger partial charge in [0.1, 0.15) is 0 Å². The number of carbonyl (C=O) groups excluding carboxylic acids is 1. The van der Waals surface area contributed by atoms with Gasteiger partial charge in [-0.3, -0.25) is 9.69 Å². The molecule has 3 nitrogen and oxygen atoms in total. The van der Waals surface area contributed by atoms with Crippen LogP contribution in [0.1, 0.15) is 23.5 Å². The molecule has 0 unspecified atom stereocenters. The molecule has 0 saturated heterocycles. The van der Waals surface area contributed by atoms with E-state index in [4.69, 9.17) is 5.73 Å². The summed E-state index contributed by atoms with van der Waals surface area (Å²) >= 11 is 1.50. The van der Waals surface area contributed by atoms with E-state index in [1.807, 2.05) is 17.5 Å². The summed E-state index contributed by atoms with van der Waals surface area (Å²) in [6, 6.07) is 4.13. The molecule has 84 valence electrons. The monoisotopic (exact) mass is 226 g/mol. The molecule has 0 saturated carbocycles. The van der Waals surface area contributed by atoms with Gasteiger partial charge in [0.15, 0.2) is 5.78 Å². The van der Waals surface area contributed by atoms with Gasteiger partial charge in [0.05, 0.1) is 11.4 Å². The quantitative estimate of drug-likeness (QED) is 0.749. The largest absolute Gasteiger partial charge is 0.329 e. The van der Waals surface area contributed by atoms with Crippen molar-refractivity contribution in [3.05, 3.63) is 22.4 Å². The van der Waals surface area contributed by atoms with Crippen LogP contribution >= 0.6 is 11.3 Å². The van der Waals surface area contributed by atoms with E-state index in [0.29, 0.717) is 19.1 Å². The van der Waals surface area contributed by atoms with Gasteiger partial charge in [-0.25, -0.2) is 0 Å². The maximum atomic E-state index is 11.8. The second-order valence-corrected chi connectivity index (χ2v) is 4.70. The summed E-state index contributed by atoms with van der Waals surface area (Å²) in [7, 11) is 0. The van der Waals surface area contributed by atoms with Crippen molar-refractivity contribution in [2.75, 3.05) is 19.6 Å². The number of nitrogens with zero attached hydrogens (tertiary/aromatic N) is 1. The average Bonchev–Trinajstić information content (AvgIpc) is 2.69. The molecule has 1 aromatic rings. The minimum absolute atomic E-state index is 0.187. The number of carbonyl (C=O) groups is 1. The SMILES string of the molecule is CC(C)N(CCN)CC(=O)c1cccs1. The summed E-state index contributed by atoms with van der Waals surface area (Å²) in [6.07, 6.45) is 0. The Morgan fingerprint density at radius 3 is 2.80 bits per heavy atom. The van der Waals surface area contributed by atoms with Gasteiger partial charge in [-0.15, -0.1) is 11.3 Å². The van der Waals surface area contributed by atoms with Crippen LogP contribution < -0.4 is 5.73 Å².